The van der Waals surface area contributed by atoms with E-state index in [1.165, 1.54) is 10.5 Å². The fourth-order valence-corrected chi connectivity index (χ4v) is 3.37. The molecule has 2 atom stereocenters. The second kappa shape index (κ2) is 4.13. The summed E-state index contributed by atoms with van der Waals surface area (Å²) in [4.78, 5) is 1.39. The number of thioether (sulfide) groups is 1. The highest BCUT2D eigenvalue weighted by atomic mass is 35.5. The second-order valence-corrected chi connectivity index (χ2v) is 5.18. The number of rotatable bonds is 2. The van der Waals surface area contributed by atoms with Crippen LogP contribution in [-0.4, -0.2) is 18.8 Å². The van der Waals surface area contributed by atoms with E-state index in [1.807, 2.05) is 24.9 Å². The van der Waals surface area contributed by atoms with Gasteiger partial charge in [-0.3, -0.25) is 0 Å². The minimum atomic E-state index is 0.516. The normalized spacial score (nSPS) is 22.1. The molecule has 0 bridgehead atoms. The van der Waals surface area contributed by atoms with Crippen LogP contribution >= 0.6 is 23.4 Å². The molecule has 14 heavy (non-hydrogen) atoms. The number of hydrogen-bond acceptors (Lipinski definition) is 2. The van der Waals surface area contributed by atoms with Crippen LogP contribution in [0.3, 0.4) is 0 Å². The third kappa shape index (κ3) is 1.79. The van der Waals surface area contributed by atoms with Gasteiger partial charge in [0.25, 0.3) is 0 Å². The first-order valence-corrected chi connectivity index (χ1v) is 6.18. The molecule has 0 fully saturated rings. The van der Waals surface area contributed by atoms with E-state index in [0.29, 0.717) is 12.0 Å². The zero-order valence-corrected chi connectivity index (χ0v) is 9.95. The third-order valence-electron chi connectivity index (χ3n) is 2.85. The van der Waals surface area contributed by atoms with Crippen LogP contribution < -0.4 is 5.32 Å². The average molecular weight is 228 g/mol. The Morgan fingerprint density at radius 2 is 2.36 bits per heavy atom. The Labute approximate surface area is 94.2 Å². The van der Waals surface area contributed by atoms with Gasteiger partial charge >= 0.3 is 0 Å². The molecule has 0 radical (unpaired) electrons. The van der Waals surface area contributed by atoms with Crippen LogP contribution in [0.1, 0.15) is 18.4 Å². The minimum absolute atomic E-state index is 0.516. The Balaban J connectivity index is 2.33. The van der Waals surface area contributed by atoms with E-state index in [2.05, 4.69) is 24.4 Å². The fraction of sp³-hybridized carbons (Fsp3) is 0.455. The largest absolute Gasteiger partial charge is 0.317 e. The van der Waals surface area contributed by atoms with Crippen molar-refractivity contribution in [2.24, 2.45) is 0 Å². The molecule has 0 aliphatic carbocycles. The summed E-state index contributed by atoms with van der Waals surface area (Å²) in [5.41, 5.74) is 1.41. The van der Waals surface area contributed by atoms with Gasteiger partial charge in [-0.15, -0.1) is 11.8 Å². The van der Waals surface area contributed by atoms with Crippen LogP contribution in [0.15, 0.2) is 23.1 Å². The molecule has 1 aromatic rings. The first kappa shape index (κ1) is 10.3. The molecule has 0 spiro atoms. The maximum Gasteiger partial charge on any atom is 0.0409 e. The molecule has 76 valence electrons. The Morgan fingerprint density at radius 3 is 3.07 bits per heavy atom. The molecule has 1 nitrogen and oxygen atoms in total. The lowest BCUT2D eigenvalue weighted by atomic mass is 9.95. The molecule has 3 heteroatoms. The molecule has 1 aliphatic rings. The van der Waals surface area contributed by atoms with Gasteiger partial charge in [0.05, 0.1) is 0 Å². The van der Waals surface area contributed by atoms with E-state index in [9.17, 15) is 0 Å². The van der Waals surface area contributed by atoms with Gasteiger partial charge in [-0.25, -0.2) is 0 Å². The van der Waals surface area contributed by atoms with Gasteiger partial charge in [-0.2, -0.15) is 0 Å². The van der Waals surface area contributed by atoms with E-state index in [4.69, 9.17) is 11.6 Å². The van der Waals surface area contributed by atoms with Crippen LogP contribution in [0.5, 0.6) is 0 Å². The van der Waals surface area contributed by atoms with Crippen molar-refractivity contribution in [2.75, 3.05) is 12.8 Å². The van der Waals surface area contributed by atoms with Gasteiger partial charge in [-0.1, -0.05) is 11.6 Å². The Kier molecular flexibility index (Phi) is 3.05. The number of benzene rings is 1. The number of nitrogens with one attached hydrogen (secondary N) is 1. The summed E-state index contributed by atoms with van der Waals surface area (Å²) >= 11 is 7.94. The summed E-state index contributed by atoms with van der Waals surface area (Å²) in [5.74, 6) is 1.76. The molecule has 0 saturated heterocycles. The molecule has 2 rings (SSSR count). The molecular formula is C11H14ClNS. The van der Waals surface area contributed by atoms with Gasteiger partial charge in [0.15, 0.2) is 0 Å². The van der Waals surface area contributed by atoms with Crippen LogP contribution in [0.4, 0.5) is 0 Å². The zero-order chi connectivity index (χ0) is 10.1. The highest BCUT2D eigenvalue weighted by Crippen LogP contribution is 2.42. The van der Waals surface area contributed by atoms with E-state index in [1.54, 1.807) is 0 Å². The summed E-state index contributed by atoms with van der Waals surface area (Å²) in [6.07, 6.45) is 0. The lowest BCUT2D eigenvalue weighted by Crippen LogP contribution is -2.28. The first-order valence-electron chi connectivity index (χ1n) is 4.82. The predicted molar refractivity (Wildman–Crippen MR) is 63.4 cm³/mol. The highest BCUT2D eigenvalue weighted by Gasteiger charge is 2.27. The summed E-state index contributed by atoms with van der Waals surface area (Å²) in [6, 6.07) is 6.72. The van der Waals surface area contributed by atoms with E-state index in [-0.39, 0.29) is 0 Å². The number of hydrogen-bond donors (Lipinski definition) is 1. The molecule has 0 amide bonds. The van der Waals surface area contributed by atoms with Crippen molar-refractivity contribution >= 4 is 23.4 Å². The molecule has 0 saturated carbocycles. The van der Waals surface area contributed by atoms with Crippen molar-refractivity contribution in [3.63, 3.8) is 0 Å². The van der Waals surface area contributed by atoms with Gasteiger partial charge < -0.3 is 5.32 Å². The zero-order valence-electron chi connectivity index (χ0n) is 8.38. The van der Waals surface area contributed by atoms with Crippen molar-refractivity contribution in [1.82, 2.24) is 5.32 Å². The molecule has 1 heterocycles. The number of likely N-dealkylation sites (N-methyl/N-ethyl adjacent to an activating group) is 1. The summed E-state index contributed by atoms with van der Waals surface area (Å²) in [5, 5.41) is 4.16. The fourth-order valence-electron chi connectivity index (χ4n) is 1.82. The number of halogens is 1. The molecule has 2 unspecified atom stereocenters. The monoisotopic (exact) mass is 227 g/mol. The average Bonchev–Trinajstić information content (AvgIpc) is 2.59. The van der Waals surface area contributed by atoms with Crippen LogP contribution in [-0.2, 0) is 0 Å². The maximum atomic E-state index is 6.01. The molecule has 1 aromatic carbocycles. The summed E-state index contributed by atoms with van der Waals surface area (Å²) in [6.45, 7) is 2.22. The minimum Gasteiger partial charge on any atom is -0.317 e. The smallest absolute Gasteiger partial charge is 0.0409 e. The maximum absolute atomic E-state index is 6.01. The van der Waals surface area contributed by atoms with Gasteiger partial charge in [-0.05, 0) is 37.7 Å². The van der Waals surface area contributed by atoms with E-state index < -0.39 is 0 Å². The molecular weight excluding hydrogens is 214 g/mol. The Hall–Kier alpha value is -0.180. The topological polar surface area (TPSA) is 12.0 Å². The van der Waals surface area contributed by atoms with Gasteiger partial charge in [0.1, 0.15) is 0 Å². The van der Waals surface area contributed by atoms with Crippen molar-refractivity contribution in [1.29, 1.82) is 0 Å². The SMILES string of the molecule is CNC(C)C1CSc2ccc(Cl)cc21. The van der Waals surface area contributed by atoms with E-state index >= 15 is 0 Å². The third-order valence-corrected chi connectivity index (χ3v) is 4.29. The summed E-state index contributed by atoms with van der Waals surface area (Å²) < 4.78 is 0. The first-order chi connectivity index (χ1) is 6.72. The van der Waals surface area contributed by atoms with E-state index in [0.717, 1.165) is 10.8 Å². The highest BCUT2D eigenvalue weighted by molar-refractivity contribution is 7.99. The van der Waals surface area contributed by atoms with Gasteiger partial charge in [0.2, 0.25) is 0 Å². The van der Waals surface area contributed by atoms with Crippen LogP contribution in [0.25, 0.3) is 0 Å². The molecule has 1 aliphatic heterocycles. The van der Waals surface area contributed by atoms with Crippen LogP contribution in [0.2, 0.25) is 5.02 Å². The lowest BCUT2D eigenvalue weighted by molar-refractivity contribution is 0.531. The Bertz CT molecular complexity index is 340. The standard InChI is InChI=1S/C11H14ClNS/c1-7(13-2)10-6-14-11-4-3-8(12)5-9(10)11/h3-5,7,10,13H,6H2,1-2H3. The van der Waals surface area contributed by atoms with Crippen molar-refractivity contribution < 1.29 is 0 Å². The Morgan fingerprint density at radius 1 is 1.57 bits per heavy atom. The molecule has 1 N–H and O–H groups in total. The van der Waals surface area contributed by atoms with Gasteiger partial charge in [0, 0.05) is 27.6 Å². The lowest BCUT2D eigenvalue weighted by Gasteiger charge is -2.18. The predicted octanol–water partition coefficient (Wildman–Crippen LogP) is 3.14. The number of fused-ring (bicyclic) bond motifs is 1. The summed E-state index contributed by atoms with van der Waals surface area (Å²) in [7, 11) is 2.01. The second-order valence-electron chi connectivity index (χ2n) is 3.68. The van der Waals surface area contributed by atoms with Crippen molar-refractivity contribution in [3.8, 4) is 0 Å². The van der Waals surface area contributed by atoms with Crippen molar-refractivity contribution in [2.45, 2.75) is 23.8 Å². The van der Waals surface area contributed by atoms with Crippen molar-refractivity contribution in [3.05, 3.63) is 28.8 Å². The molecule has 0 aromatic heterocycles. The van der Waals surface area contributed by atoms with Crippen LogP contribution in [0, 0.1) is 0 Å². The quantitative estimate of drug-likeness (QED) is 0.833.